The molecule has 1 atom stereocenters. The summed E-state index contributed by atoms with van der Waals surface area (Å²) in [6, 6.07) is 6.28. The zero-order valence-electron chi connectivity index (χ0n) is 17.4. The van der Waals surface area contributed by atoms with E-state index in [0.717, 1.165) is 43.1 Å². The first-order valence-corrected chi connectivity index (χ1v) is 10.2. The van der Waals surface area contributed by atoms with Crippen molar-refractivity contribution in [3.05, 3.63) is 42.0 Å². The lowest BCUT2D eigenvalue weighted by Crippen LogP contribution is -2.45. The average molecular weight is 407 g/mol. The second-order valence-electron chi connectivity index (χ2n) is 8.09. The fourth-order valence-electron chi connectivity index (χ4n) is 4.27. The SMILES string of the molecule is COc1nn(C2CN(C)C2)cc1C(=O)Nc1cccc(-c2cnc3n2C(C)CC3)n1. The van der Waals surface area contributed by atoms with Crippen molar-refractivity contribution in [3.8, 4) is 17.3 Å². The topological polar surface area (TPSA) is 90.1 Å². The zero-order chi connectivity index (χ0) is 20.8. The van der Waals surface area contributed by atoms with Crippen molar-refractivity contribution < 1.29 is 9.53 Å². The Morgan fingerprint density at radius 2 is 2.13 bits per heavy atom. The number of nitrogens with zero attached hydrogens (tertiary/aromatic N) is 6. The van der Waals surface area contributed by atoms with Gasteiger partial charge in [0.15, 0.2) is 0 Å². The largest absolute Gasteiger partial charge is 0.479 e. The van der Waals surface area contributed by atoms with Gasteiger partial charge in [0, 0.05) is 31.7 Å². The third kappa shape index (κ3) is 3.15. The first kappa shape index (κ1) is 18.8. The van der Waals surface area contributed by atoms with Crippen molar-refractivity contribution in [2.75, 3.05) is 32.6 Å². The first-order valence-electron chi connectivity index (χ1n) is 10.2. The molecule has 0 spiro atoms. The number of anilines is 1. The molecule has 5 rings (SSSR count). The number of amides is 1. The molecule has 0 aromatic carbocycles. The Labute approximate surface area is 174 Å². The molecule has 1 unspecified atom stereocenters. The number of hydrogen-bond acceptors (Lipinski definition) is 6. The van der Waals surface area contributed by atoms with Crippen molar-refractivity contribution in [1.29, 1.82) is 0 Å². The van der Waals surface area contributed by atoms with Crippen LogP contribution in [-0.4, -0.2) is 62.4 Å². The minimum absolute atomic E-state index is 0.262. The normalized spacial score (nSPS) is 18.8. The lowest BCUT2D eigenvalue weighted by atomic mass is 10.1. The number of aryl methyl sites for hydroxylation is 1. The molecule has 0 bridgehead atoms. The first-order chi connectivity index (χ1) is 14.5. The number of methoxy groups -OCH3 is 1. The molecule has 30 heavy (non-hydrogen) atoms. The van der Waals surface area contributed by atoms with Crippen molar-refractivity contribution in [3.63, 3.8) is 0 Å². The maximum absolute atomic E-state index is 12.9. The fraction of sp³-hybridized carbons (Fsp3) is 0.429. The number of imidazole rings is 1. The minimum Gasteiger partial charge on any atom is -0.479 e. The van der Waals surface area contributed by atoms with E-state index >= 15 is 0 Å². The standard InChI is InChI=1S/C21H25N7O2/c1-13-7-8-19-22-9-17(28(13)19)16-5-4-6-18(23-16)24-20(29)15-12-27(25-21(15)30-3)14-10-26(2)11-14/h4-6,9,12-14H,7-8,10-11H2,1-3H3,(H,23,24,29). The van der Waals surface area contributed by atoms with Gasteiger partial charge in [-0.1, -0.05) is 6.07 Å². The van der Waals surface area contributed by atoms with E-state index < -0.39 is 0 Å². The highest BCUT2D eigenvalue weighted by Gasteiger charge is 2.29. The minimum atomic E-state index is -0.290. The Morgan fingerprint density at radius 3 is 2.90 bits per heavy atom. The molecule has 2 aliphatic rings. The molecule has 1 fully saturated rings. The molecule has 0 radical (unpaired) electrons. The van der Waals surface area contributed by atoms with Gasteiger partial charge >= 0.3 is 0 Å². The van der Waals surface area contributed by atoms with Crippen LogP contribution >= 0.6 is 0 Å². The summed E-state index contributed by atoms with van der Waals surface area (Å²) < 4.78 is 9.38. The molecule has 3 aromatic rings. The third-order valence-electron chi connectivity index (χ3n) is 5.91. The molecule has 3 aromatic heterocycles. The predicted molar refractivity (Wildman–Crippen MR) is 112 cm³/mol. The Morgan fingerprint density at radius 1 is 1.30 bits per heavy atom. The monoisotopic (exact) mass is 407 g/mol. The fourth-order valence-corrected chi connectivity index (χ4v) is 4.27. The van der Waals surface area contributed by atoms with Gasteiger partial charge in [0.25, 0.3) is 5.91 Å². The predicted octanol–water partition coefficient (Wildman–Crippen LogP) is 2.40. The quantitative estimate of drug-likeness (QED) is 0.699. The number of fused-ring (bicyclic) bond motifs is 1. The van der Waals surface area contributed by atoms with E-state index in [4.69, 9.17) is 4.74 Å². The second kappa shape index (κ2) is 7.24. The number of ether oxygens (including phenoxy) is 1. The molecular weight excluding hydrogens is 382 g/mol. The molecule has 0 aliphatic carbocycles. The van der Waals surface area contributed by atoms with Gasteiger partial charge in [-0.25, -0.2) is 9.97 Å². The lowest BCUT2D eigenvalue weighted by Gasteiger charge is -2.35. The van der Waals surface area contributed by atoms with E-state index in [0.29, 0.717) is 23.3 Å². The summed E-state index contributed by atoms with van der Waals surface area (Å²) in [5.41, 5.74) is 2.17. The highest BCUT2D eigenvalue weighted by molar-refractivity contribution is 6.05. The summed E-state index contributed by atoms with van der Waals surface area (Å²) in [6.07, 6.45) is 5.69. The van der Waals surface area contributed by atoms with Gasteiger partial charge in [-0.2, -0.15) is 0 Å². The number of pyridine rings is 1. The van der Waals surface area contributed by atoms with Crippen molar-refractivity contribution in [2.24, 2.45) is 0 Å². The van der Waals surface area contributed by atoms with E-state index in [1.54, 1.807) is 12.3 Å². The Hall–Kier alpha value is -3.20. The smallest absolute Gasteiger partial charge is 0.263 e. The number of likely N-dealkylation sites (tertiary alicyclic amines) is 1. The summed E-state index contributed by atoms with van der Waals surface area (Å²) in [4.78, 5) is 24.3. The van der Waals surface area contributed by atoms with Crippen LogP contribution < -0.4 is 10.1 Å². The summed E-state index contributed by atoms with van der Waals surface area (Å²) in [5, 5.41) is 7.32. The highest BCUT2D eigenvalue weighted by atomic mass is 16.5. The summed E-state index contributed by atoms with van der Waals surface area (Å²) in [5.74, 6) is 1.60. The number of rotatable bonds is 5. The van der Waals surface area contributed by atoms with Crippen LogP contribution in [0.4, 0.5) is 5.82 Å². The average Bonchev–Trinajstić information content (AvgIpc) is 3.42. The summed E-state index contributed by atoms with van der Waals surface area (Å²) in [6.45, 7) is 4.00. The second-order valence-corrected chi connectivity index (χ2v) is 8.09. The molecule has 1 N–H and O–H groups in total. The van der Waals surface area contributed by atoms with E-state index in [2.05, 4.69) is 43.8 Å². The van der Waals surface area contributed by atoms with E-state index in [1.165, 1.54) is 7.11 Å². The molecule has 9 heteroatoms. The molecule has 9 nitrogen and oxygen atoms in total. The summed E-state index contributed by atoms with van der Waals surface area (Å²) in [7, 11) is 3.58. The number of carbonyl (C=O) groups excluding carboxylic acids is 1. The maximum Gasteiger partial charge on any atom is 0.263 e. The van der Waals surface area contributed by atoms with Crippen LogP contribution in [0.3, 0.4) is 0 Å². The van der Waals surface area contributed by atoms with Crippen LogP contribution in [0.2, 0.25) is 0 Å². The van der Waals surface area contributed by atoms with Crippen molar-refractivity contribution in [2.45, 2.75) is 31.8 Å². The molecule has 156 valence electrons. The molecule has 2 aliphatic heterocycles. The highest BCUT2D eigenvalue weighted by Crippen LogP contribution is 2.32. The van der Waals surface area contributed by atoms with Gasteiger partial charge in [0.2, 0.25) is 5.88 Å². The van der Waals surface area contributed by atoms with Crippen LogP contribution in [0, 0.1) is 0 Å². The van der Waals surface area contributed by atoms with Gasteiger partial charge < -0.3 is 19.5 Å². The van der Waals surface area contributed by atoms with Gasteiger partial charge in [-0.15, -0.1) is 5.10 Å². The summed E-state index contributed by atoms with van der Waals surface area (Å²) >= 11 is 0. The third-order valence-corrected chi connectivity index (χ3v) is 5.91. The zero-order valence-corrected chi connectivity index (χ0v) is 17.4. The Kier molecular flexibility index (Phi) is 4.54. The number of likely N-dealkylation sites (N-methyl/N-ethyl adjacent to an activating group) is 1. The van der Waals surface area contributed by atoms with Gasteiger partial charge in [-0.05, 0) is 32.5 Å². The van der Waals surface area contributed by atoms with E-state index in [-0.39, 0.29) is 11.9 Å². The van der Waals surface area contributed by atoms with Gasteiger partial charge in [0.05, 0.1) is 30.7 Å². The number of carbonyl (C=O) groups is 1. The van der Waals surface area contributed by atoms with Crippen molar-refractivity contribution in [1.82, 2.24) is 29.2 Å². The molecule has 1 amide bonds. The van der Waals surface area contributed by atoms with Crippen LogP contribution in [-0.2, 0) is 6.42 Å². The lowest BCUT2D eigenvalue weighted by molar-refractivity contribution is 0.102. The Balaban J connectivity index is 1.38. The number of hydrogen-bond donors (Lipinski definition) is 1. The molecule has 0 saturated carbocycles. The van der Waals surface area contributed by atoms with Gasteiger partial charge in [0.1, 0.15) is 17.2 Å². The Bertz CT molecular complexity index is 1100. The van der Waals surface area contributed by atoms with Gasteiger partial charge in [-0.3, -0.25) is 9.48 Å². The molecular formula is C21H25N7O2. The maximum atomic E-state index is 12.9. The number of aromatic nitrogens is 5. The number of nitrogens with one attached hydrogen (secondary N) is 1. The van der Waals surface area contributed by atoms with E-state index in [9.17, 15) is 4.79 Å². The van der Waals surface area contributed by atoms with Crippen LogP contribution in [0.25, 0.3) is 11.4 Å². The van der Waals surface area contributed by atoms with Crippen LogP contribution in [0.1, 0.15) is 41.6 Å². The van der Waals surface area contributed by atoms with Crippen LogP contribution in [0.15, 0.2) is 30.6 Å². The van der Waals surface area contributed by atoms with E-state index in [1.807, 2.05) is 23.0 Å². The molecule has 1 saturated heterocycles. The van der Waals surface area contributed by atoms with Crippen LogP contribution in [0.5, 0.6) is 5.88 Å². The van der Waals surface area contributed by atoms with Crippen molar-refractivity contribution >= 4 is 11.7 Å². The molecule has 5 heterocycles.